The van der Waals surface area contributed by atoms with Gasteiger partial charge in [-0.3, -0.25) is 4.98 Å². The molecule has 3 rings (SSSR count). The molecule has 0 unspecified atom stereocenters. The topological polar surface area (TPSA) is 71.7 Å². The van der Waals surface area contributed by atoms with Gasteiger partial charge in [-0.25, -0.2) is 9.18 Å². The zero-order valence-corrected chi connectivity index (χ0v) is 11.3. The van der Waals surface area contributed by atoms with Gasteiger partial charge in [0.2, 0.25) is 0 Å². The second-order valence-electron chi connectivity index (χ2n) is 5.45. The number of likely N-dealkylation sites (N-methyl/N-ethyl adjacent to an activating group) is 1. The van der Waals surface area contributed by atoms with E-state index in [9.17, 15) is 9.18 Å². The number of nitrogens with zero attached hydrogens (tertiary/aromatic N) is 3. The SMILES string of the molecule is CN1CC2(CCN(c3c(N)cncc3F)CC2)OC1=O. The largest absolute Gasteiger partial charge is 0.441 e. The number of amides is 1. The van der Waals surface area contributed by atoms with Gasteiger partial charge in [-0.2, -0.15) is 0 Å². The molecule has 1 aromatic rings. The number of aromatic nitrogens is 1. The van der Waals surface area contributed by atoms with Gasteiger partial charge in [-0.05, 0) is 0 Å². The maximum Gasteiger partial charge on any atom is 0.410 e. The van der Waals surface area contributed by atoms with Crippen LogP contribution in [-0.4, -0.2) is 48.3 Å². The Bertz CT molecular complexity index is 523. The van der Waals surface area contributed by atoms with Crippen molar-refractivity contribution in [2.75, 3.05) is 37.3 Å². The van der Waals surface area contributed by atoms with E-state index < -0.39 is 11.4 Å². The molecule has 3 heterocycles. The van der Waals surface area contributed by atoms with Crippen LogP contribution in [0, 0.1) is 5.82 Å². The molecule has 0 atom stereocenters. The standard InChI is InChI=1S/C13H17FN4O2/c1-17-8-13(20-12(17)19)2-4-18(5-3-13)11-9(14)6-16-7-10(11)15/h6-7H,2-5,8,15H2,1H3. The first kappa shape index (κ1) is 13.0. The van der Waals surface area contributed by atoms with Crippen LogP contribution < -0.4 is 10.6 Å². The van der Waals surface area contributed by atoms with Crippen LogP contribution in [0.3, 0.4) is 0 Å². The molecule has 2 saturated heterocycles. The fourth-order valence-corrected chi connectivity index (χ4v) is 2.97. The van der Waals surface area contributed by atoms with E-state index in [0.717, 1.165) is 0 Å². The first-order valence-electron chi connectivity index (χ1n) is 6.59. The number of carbonyl (C=O) groups excluding carboxylic acids is 1. The molecule has 1 amide bonds. The lowest BCUT2D eigenvalue weighted by Gasteiger charge is -2.38. The third-order valence-electron chi connectivity index (χ3n) is 4.03. The lowest BCUT2D eigenvalue weighted by atomic mass is 9.91. The Kier molecular flexibility index (Phi) is 2.92. The number of carbonyl (C=O) groups is 1. The van der Waals surface area contributed by atoms with E-state index in [2.05, 4.69) is 4.98 Å². The van der Waals surface area contributed by atoms with E-state index in [4.69, 9.17) is 10.5 Å². The molecule has 20 heavy (non-hydrogen) atoms. The van der Waals surface area contributed by atoms with Crippen molar-refractivity contribution in [2.45, 2.75) is 18.4 Å². The van der Waals surface area contributed by atoms with Gasteiger partial charge < -0.3 is 20.3 Å². The molecule has 2 fully saturated rings. The lowest BCUT2D eigenvalue weighted by Crippen LogP contribution is -2.47. The molecule has 7 heteroatoms. The quantitative estimate of drug-likeness (QED) is 0.837. The molecule has 0 aliphatic carbocycles. The fourth-order valence-electron chi connectivity index (χ4n) is 2.97. The lowest BCUT2D eigenvalue weighted by molar-refractivity contribution is 0.0366. The van der Waals surface area contributed by atoms with Crippen molar-refractivity contribution >= 4 is 17.5 Å². The highest BCUT2D eigenvalue weighted by atomic mass is 19.1. The fraction of sp³-hybridized carbons (Fsp3) is 0.538. The summed E-state index contributed by atoms with van der Waals surface area (Å²) in [7, 11) is 1.73. The molecule has 0 bridgehead atoms. The summed E-state index contributed by atoms with van der Waals surface area (Å²) < 4.78 is 19.3. The zero-order valence-electron chi connectivity index (χ0n) is 11.3. The summed E-state index contributed by atoms with van der Waals surface area (Å²) in [5, 5.41) is 0. The average Bonchev–Trinajstić information content (AvgIpc) is 2.67. The van der Waals surface area contributed by atoms with Crippen LogP contribution in [0.5, 0.6) is 0 Å². The minimum atomic E-state index is -0.430. The van der Waals surface area contributed by atoms with E-state index in [1.165, 1.54) is 12.4 Å². The summed E-state index contributed by atoms with van der Waals surface area (Å²) in [5.41, 5.74) is 6.10. The minimum absolute atomic E-state index is 0.284. The van der Waals surface area contributed by atoms with Crippen molar-refractivity contribution in [3.63, 3.8) is 0 Å². The highest BCUT2D eigenvalue weighted by Crippen LogP contribution is 2.36. The number of hydrogen-bond acceptors (Lipinski definition) is 5. The molecule has 2 N–H and O–H groups in total. The summed E-state index contributed by atoms with van der Waals surface area (Å²) in [4.78, 5) is 18.7. The number of rotatable bonds is 1. The van der Waals surface area contributed by atoms with Gasteiger partial charge in [0, 0.05) is 33.0 Å². The maximum atomic E-state index is 13.9. The maximum absolute atomic E-state index is 13.9. The van der Waals surface area contributed by atoms with Crippen molar-refractivity contribution in [3.05, 3.63) is 18.2 Å². The van der Waals surface area contributed by atoms with Crippen molar-refractivity contribution in [1.82, 2.24) is 9.88 Å². The number of halogens is 1. The number of pyridine rings is 1. The molecule has 2 aliphatic heterocycles. The molecule has 2 aliphatic rings. The second-order valence-corrected chi connectivity index (χ2v) is 5.45. The first-order valence-corrected chi connectivity index (χ1v) is 6.59. The average molecular weight is 280 g/mol. The van der Waals surface area contributed by atoms with Crippen LogP contribution in [0.15, 0.2) is 12.4 Å². The van der Waals surface area contributed by atoms with Gasteiger partial charge in [0.05, 0.1) is 30.3 Å². The zero-order chi connectivity index (χ0) is 14.3. The Morgan fingerprint density at radius 3 is 2.65 bits per heavy atom. The highest BCUT2D eigenvalue weighted by molar-refractivity contribution is 5.71. The van der Waals surface area contributed by atoms with Crippen LogP contribution >= 0.6 is 0 Å². The molecule has 1 spiro atoms. The molecular formula is C13H17FN4O2. The third kappa shape index (κ3) is 2.03. The Hall–Kier alpha value is -2.05. The molecule has 0 aromatic carbocycles. The number of piperidine rings is 1. The van der Waals surface area contributed by atoms with Crippen molar-refractivity contribution < 1.29 is 13.9 Å². The smallest absolute Gasteiger partial charge is 0.410 e. The number of nitrogen functional groups attached to an aromatic ring is 1. The van der Waals surface area contributed by atoms with Gasteiger partial charge in [-0.15, -0.1) is 0 Å². The Balaban J connectivity index is 1.75. The molecule has 6 nitrogen and oxygen atoms in total. The molecule has 0 radical (unpaired) electrons. The van der Waals surface area contributed by atoms with Crippen molar-refractivity contribution in [1.29, 1.82) is 0 Å². The van der Waals surface area contributed by atoms with E-state index in [1.807, 2.05) is 4.90 Å². The normalized spacial score (nSPS) is 21.4. The molecular weight excluding hydrogens is 263 g/mol. The van der Waals surface area contributed by atoms with E-state index in [0.29, 0.717) is 43.9 Å². The van der Waals surface area contributed by atoms with Crippen LogP contribution in [0.2, 0.25) is 0 Å². The van der Waals surface area contributed by atoms with Gasteiger partial charge in [0.1, 0.15) is 5.60 Å². The van der Waals surface area contributed by atoms with Gasteiger partial charge in [0.25, 0.3) is 0 Å². The van der Waals surface area contributed by atoms with Gasteiger partial charge in [0.15, 0.2) is 5.82 Å². The van der Waals surface area contributed by atoms with Crippen molar-refractivity contribution in [3.8, 4) is 0 Å². The molecule has 1 aromatic heterocycles. The summed E-state index contributed by atoms with van der Waals surface area (Å²) in [6.45, 7) is 1.80. The second kappa shape index (κ2) is 4.50. The Labute approximate surface area is 116 Å². The van der Waals surface area contributed by atoms with Gasteiger partial charge >= 0.3 is 6.09 Å². The predicted octanol–water partition coefficient (Wildman–Crippen LogP) is 1.22. The predicted molar refractivity (Wildman–Crippen MR) is 71.9 cm³/mol. The van der Waals surface area contributed by atoms with Crippen LogP contribution in [0.25, 0.3) is 0 Å². The number of hydrogen-bond donors (Lipinski definition) is 1. The van der Waals surface area contributed by atoms with Gasteiger partial charge in [-0.1, -0.05) is 0 Å². The first-order chi connectivity index (χ1) is 9.51. The highest BCUT2D eigenvalue weighted by Gasteiger charge is 2.46. The van der Waals surface area contributed by atoms with E-state index in [1.54, 1.807) is 11.9 Å². The number of nitrogens with two attached hydrogens (primary N) is 1. The monoisotopic (exact) mass is 280 g/mol. The third-order valence-corrected chi connectivity index (χ3v) is 4.03. The van der Waals surface area contributed by atoms with E-state index >= 15 is 0 Å². The summed E-state index contributed by atoms with van der Waals surface area (Å²) >= 11 is 0. The summed E-state index contributed by atoms with van der Waals surface area (Å²) in [5.74, 6) is -0.415. The van der Waals surface area contributed by atoms with E-state index in [-0.39, 0.29) is 6.09 Å². The van der Waals surface area contributed by atoms with Crippen LogP contribution in [-0.2, 0) is 4.74 Å². The van der Waals surface area contributed by atoms with Crippen LogP contribution in [0.1, 0.15) is 12.8 Å². The van der Waals surface area contributed by atoms with Crippen LogP contribution in [0.4, 0.5) is 20.6 Å². The Morgan fingerprint density at radius 1 is 1.40 bits per heavy atom. The summed E-state index contributed by atoms with van der Waals surface area (Å²) in [6.07, 6.45) is 3.67. The summed E-state index contributed by atoms with van der Waals surface area (Å²) in [6, 6.07) is 0. The molecule has 108 valence electrons. The molecule has 0 saturated carbocycles. The Morgan fingerprint density at radius 2 is 2.10 bits per heavy atom. The number of ether oxygens (including phenoxy) is 1. The minimum Gasteiger partial charge on any atom is -0.441 e. The number of anilines is 2. The van der Waals surface area contributed by atoms with Crippen molar-refractivity contribution in [2.24, 2.45) is 0 Å².